The largest absolute Gasteiger partial charge is 0.493 e. The molecule has 0 radical (unpaired) electrons. The fourth-order valence-corrected chi connectivity index (χ4v) is 2.93. The summed E-state index contributed by atoms with van der Waals surface area (Å²) in [5.41, 5.74) is 0.926. The van der Waals surface area contributed by atoms with Gasteiger partial charge in [-0.3, -0.25) is 29.9 Å². The lowest BCUT2D eigenvalue weighted by molar-refractivity contribution is -0.384. The molecule has 10 heteroatoms. The smallest absolute Gasteiger partial charge is 0.331 e. The standard InChI is InChI=1S/C22H19N3O7/c1-3-10-24-21(27)17(20(26)23-22(24)28)11-15-6-9-18(31-2)19(12-15)32-13-14-4-7-16(8-5-14)25(29)30/h3-9,11-12H,1,10,13H2,2H3,(H,23,26,28)/b17-11-. The Kier molecular flexibility index (Phi) is 6.64. The summed E-state index contributed by atoms with van der Waals surface area (Å²) in [6.07, 6.45) is 2.72. The van der Waals surface area contributed by atoms with Gasteiger partial charge in [-0.05, 0) is 41.5 Å². The summed E-state index contributed by atoms with van der Waals surface area (Å²) in [5.74, 6) is -0.785. The van der Waals surface area contributed by atoms with Gasteiger partial charge in [-0.25, -0.2) is 4.79 Å². The zero-order valence-electron chi connectivity index (χ0n) is 17.1. The molecule has 1 fully saturated rings. The van der Waals surface area contributed by atoms with Gasteiger partial charge >= 0.3 is 6.03 Å². The highest BCUT2D eigenvalue weighted by molar-refractivity contribution is 6.31. The fraction of sp³-hybridized carbons (Fsp3) is 0.136. The van der Waals surface area contributed by atoms with Gasteiger partial charge < -0.3 is 9.47 Å². The van der Waals surface area contributed by atoms with Gasteiger partial charge in [-0.1, -0.05) is 12.1 Å². The van der Waals surface area contributed by atoms with Crippen LogP contribution in [-0.2, 0) is 16.2 Å². The average molecular weight is 437 g/mol. The topological polar surface area (TPSA) is 128 Å². The second-order valence-electron chi connectivity index (χ2n) is 6.64. The van der Waals surface area contributed by atoms with E-state index >= 15 is 0 Å². The second-order valence-corrected chi connectivity index (χ2v) is 6.64. The summed E-state index contributed by atoms with van der Waals surface area (Å²) in [6, 6.07) is 9.90. The number of nitro groups is 1. The number of hydrogen-bond acceptors (Lipinski definition) is 7. The van der Waals surface area contributed by atoms with Crippen molar-refractivity contribution in [3.63, 3.8) is 0 Å². The van der Waals surface area contributed by atoms with E-state index in [9.17, 15) is 24.5 Å². The molecule has 0 aromatic heterocycles. The Morgan fingerprint density at radius 3 is 2.47 bits per heavy atom. The number of imide groups is 2. The molecule has 0 saturated carbocycles. The summed E-state index contributed by atoms with van der Waals surface area (Å²) in [7, 11) is 1.46. The number of ether oxygens (including phenoxy) is 2. The van der Waals surface area contributed by atoms with E-state index in [1.807, 2.05) is 0 Å². The fourth-order valence-electron chi connectivity index (χ4n) is 2.93. The first-order valence-electron chi connectivity index (χ1n) is 9.38. The maximum absolute atomic E-state index is 12.6. The number of urea groups is 1. The van der Waals surface area contributed by atoms with Crippen LogP contribution in [0.15, 0.2) is 60.7 Å². The van der Waals surface area contributed by atoms with Gasteiger partial charge in [-0.2, -0.15) is 0 Å². The van der Waals surface area contributed by atoms with Crippen molar-refractivity contribution >= 4 is 29.6 Å². The van der Waals surface area contributed by atoms with Crippen molar-refractivity contribution in [2.75, 3.05) is 13.7 Å². The van der Waals surface area contributed by atoms with Crippen LogP contribution in [0.25, 0.3) is 6.08 Å². The second kappa shape index (κ2) is 9.56. The third-order valence-electron chi connectivity index (χ3n) is 4.54. The van der Waals surface area contributed by atoms with Crippen LogP contribution in [0.4, 0.5) is 10.5 Å². The van der Waals surface area contributed by atoms with Gasteiger partial charge in [0.05, 0.1) is 12.0 Å². The van der Waals surface area contributed by atoms with Crippen molar-refractivity contribution < 1.29 is 28.8 Å². The van der Waals surface area contributed by atoms with Crippen LogP contribution in [-0.4, -0.2) is 41.3 Å². The molecule has 3 rings (SSSR count). The lowest BCUT2D eigenvalue weighted by Gasteiger charge is -2.25. The van der Waals surface area contributed by atoms with Crippen molar-refractivity contribution in [3.8, 4) is 11.5 Å². The highest BCUT2D eigenvalue weighted by Crippen LogP contribution is 2.30. The Labute approximate surface area is 182 Å². The molecule has 1 aliphatic rings. The molecule has 0 unspecified atom stereocenters. The molecule has 1 aliphatic heterocycles. The maximum atomic E-state index is 12.6. The average Bonchev–Trinajstić information content (AvgIpc) is 2.78. The van der Waals surface area contributed by atoms with Crippen molar-refractivity contribution in [1.29, 1.82) is 0 Å². The Bertz CT molecular complexity index is 1120. The third kappa shape index (κ3) is 4.81. The van der Waals surface area contributed by atoms with Crippen molar-refractivity contribution in [3.05, 3.63) is 81.9 Å². The zero-order chi connectivity index (χ0) is 23.3. The predicted octanol–water partition coefficient (Wildman–Crippen LogP) is 2.83. The molecule has 1 N–H and O–H groups in total. The molecule has 1 saturated heterocycles. The van der Waals surface area contributed by atoms with Crippen LogP contribution in [0.5, 0.6) is 11.5 Å². The Morgan fingerprint density at radius 1 is 1.12 bits per heavy atom. The minimum atomic E-state index is -0.807. The summed E-state index contributed by atoms with van der Waals surface area (Å²) >= 11 is 0. The van der Waals surface area contributed by atoms with Crippen LogP contribution < -0.4 is 14.8 Å². The van der Waals surface area contributed by atoms with E-state index in [0.29, 0.717) is 22.6 Å². The number of nitro benzene ring substituents is 1. The van der Waals surface area contributed by atoms with Crippen molar-refractivity contribution in [2.24, 2.45) is 0 Å². The molecular formula is C22H19N3O7. The molecule has 32 heavy (non-hydrogen) atoms. The summed E-state index contributed by atoms with van der Waals surface area (Å²) in [4.78, 5) is 47.7. The number of methoxy groups -OCH3 is 1. The molecule has 0 spiro atoms. The van der Waals surface area contributed by atoms with E-state index < -0.39 is 22.8 Å². The highest BCUT2D eigenvalue weighted by Gasteiger charge is 2.34. The minimum absolute atomic E-state index is 0.0284. The zero-order valence-corrected chi connectivity index (χ0v) is 17.1. The quantitative estimate of drug-likeness (QED) is 0.221. The highest BCUT2D eigenvalue weighted by atomic mass is 16.6. The van der Waals surface area contributed by atoms with E-state index in [-0.39, 0.29) is 24.4 Å². The van der Waals surface area contributed by atoms with Gasteiger partial charge in [-0.15, -0.1) is 6.58 Å². The molecule has 0 atom stereocenters. The molecule has 2 aromatic carbocycles. The van der Waals surface area contributed by atoms with Crippen LogP contribution >= 0.6 is 0 Å². The first-order valence-corrected chi connectivity index (χ1v) is 9.38. The van der Waals surface area contributed by atoms with E-state index in [1.54, 1.807) is 30.3 Å². The van der Waals surface area contributed by atoms with Gasteiger partial charge in [0.25, 0.3) is 17.5 Å². The van der Waals surface area contributed by atoms with Gasteiger partial charge in [0, 0.05) is 18.7 Å². The number of non-ortho nitro benzene ring substituents is 1. The lowest BCUT2D eigenvalue weighted by Crippen LogP contribution is -2.54. The number of nitrogens with one attached hydrogen (secondary N) is 1. The van der Waals surface area contributed by atoms with E-state index in [0.717, 1.165) is 4.90 Å². The third-order valence-corrected chi connectivity index (χ3v) is 4.54. The number of benzene rings is 2. The summed E-state index contributed by atoms with van der Waals surface area (Å²) < 4.78 is 11.1. The van der Waals surface area contributed by atoms with Crippen LogP contribution in [0, 0.1) is 10.1 Å². The predicted molar refractivity (Wildman–Crippen MR) is 114 cm³/mol. The van der Waals surface area contributed by atoms with Crippen LogP contribution in [0.1, 0.15) is 11.1 Å². The van der Waals surface area contributed by atoms with Crippen LogP contribution in [0.3, 0.4) is 0 Å². The van der Waals surface area contributed by atoms with Gasteiger partial charge in [0.1, 0.15) is 12.2 Å². The normalized spacial score (nSPS) is 14.8. The number of nitrogens with zero attached hydrogens (tertiary/aromatic N) is 2. The number of carbonyl (C=O) groups is 3. The molecule has 0 aliphatic carbocycles. The minimum Gasteiger partial charge on any atom is -0.493 e. The number of barbiturate groups is 1. The molecule has 2 aromatic rings. The SMILES string of the molecule is C=CCN1C(=O)NC(=O)/C(=C/c2ccc(OC)c(OCc3ccc([N+](=O)[O-])cc3)c2)C1=O. The molecule has 4 amide bonds. The first kappa shape index (κ1) is 22.2. The lowest BCUT2D eigenvalue weighted by atomic mass is 10.1. The maximum Gasteiger partial charge on any atom is 0.331 e. The molecule has 10 nitrogen and oxygen atoms in total. The molecule has 1 heterocycles. The van der Waals surface area contributed by atoms with E-state index in [1.165, 1.54) is 31.4 Å². The van der Waals surface area contributed by atoms with Crippen molar-refractivity contribution in [1.82, 2.24) is 10.2 Å². The monoisotopic (exact) mass is 437 g/mol. The number of carbonyl (C=O) groups excluding carboxylic acids is 3. The molecule has 164 valence electrons. The Hall–Kier alpha value is -4.47. The van der Waals surface area contributed by atoms with E-state index in [4.69, 9.17) is 9.47 Å². The van der Waals surface area contributed by atoms with Gasteiger partial charge in [0.2, 0.25) is 0 Å². The van der Waals surface area contributed by atoms with Crippen molar-refractivity contribution in [2.45, 2.75) is 6.61 Å². The molecular weight excluding hydrogens is 418 g/mol. The van der Waals surface area contributed by atoms with Gasteiger partial charge in [0.15, 0.2) is 11.5 Å². The van der Waals surface area contributed by atoms with E-state index in [2.05, 4.69) is 11.9 Å². The number of rotatable bonds is 8. The Balaban J connectivity index is 1.84. The summed E-state index contributed by atoms with van der Waals surface area (Å²) in [5, 5.41) is 12.9. The number of amides is 4. The first-order chi connectivity index (χ1) is 15.3. The van der Waals surface area contributed by atoms with Crippen LogP contribution in [0.2, 0.25) is 0 Å². The Morgan fingerprint density at radius 2 is 1.84 bits per heavy atom. The number of hydrogen-bond donors (Lipinski definition) is 1. The molecule has 0 bridgehead atoms. The summed E-state index contributed by atoms with van der Waals surface area (Å²) in [6.45, 7) is 3.57.